The molecule has 2 N–H and O–H groups in total. The third kappa shape index (κ3) is 0.746. The summed E-state index contributed by atoms with van der Waals surface area (Å²) in [5, 5.41) is 0. The number of carbonyl (C=O) groups excluding carboxylic acids is 1. The van der Waals surface area contributed by atoms with Crippen molar-refractivity contribution in [2.24, 2.45) is 23.5 Å². The highest BCUT2D eigenvalue weighted by Crippen LogP contribution is 2.47. The molecule has 0 radical (unpaired) electrons. The fourth-order valence-corrected chi connectivity index (χ4v) is 2.59. The first kappa shape index (κ1) is 6.20. The lowest BCUT2D eigenvalue weighted by molar-refractivity contribution is -0.123. The van der Waals surface area contributed by atoms with E-state index in [4.69, 9.17) is 5.73 Å². The molecule has 3 atom stereocenters. The molecule has 2 saturated carbocycles. The molecule has 0 aromatic heterocycles. The predicted octanol–water partition coefficient (Wildman–Crippen LogP) is 0.908. The van der Waals surface area contributed by atoms with E-state index in [0.29, 0.717) is 5.92 Å². The van der Waals surface area contributed by atoms with Gasteiger partial charge in [0, 0.05) is 5.92 Å². The summed E-state index contributed by atoms with van der Waals surface area (Å²) < 4.78 is 0. The van der Waals surface area contributed by atoms with Crippen LogP contribution in [0.15, 0.2) is 0 Å². The lowest BCUT2D eigenvalue weighted by Crippen LogP contribution is -2.27. The van der Waals surface area contributed by atoms with Gasteiger partial charge in [-0.15, -0.1) is 0 Å². The van der Waals surface area contributed by atoms with Crippen LogP contribution >= 0.6 is 0 Å². The van der Waals surface area contributed by atoms with E-state index in [0.717, 1.165) is 12.3 Å². The maximum atomic E-state index is 10.8. The summed E-state index contributed by atoms with van der Waals surface area (Å²) in [5.74, 6) is 1.66. The molecule has 0 aromatic rings. The first-order valence-electron chi connectivity index (χ1n) is 4.06. The first-order chi connectivity index (χ1) is 4.77. The lowest BCUT2D eigenvalue weighted by atomic mass is 9.88. The van der Waals surface area contributed by atoms with Gasteiger partial charge in [-0.05, 0) is 31.1 Å². The molecule has 0 aliphatic heterocycles. The minimum Gasteiger partial charge on any atom is -0.369 e. The maximum absolute atomic E-state index is 10.8. The quantitative estimate of drug-likeness (QED) is 0.576. The van der Waals surface area contributed by atoms with Crippen LogP contribution in [0, 0.1) is 17.8 Å². The molecule has 0 spiro atoms. The highest BCUT2D eigenvalue weighted by Gasteiger charge is 2.41. The van der Waals surface area contributed by atoms with Crippen molar-refractivity contribution < 1.29 is 4.79 Å². The van der Waals surface area contributed by atoms with Crippen LogP contribution in [0.5, 0.6) is 0 Å². The van der Waals surface area contributed by atoms with Gasteiger partial charge in [0.2, 0.25) is 5.91 Å². The van der Waals surface area contributed by atoms with Gasteiger partial charge in [-0.3, -0.25) is 4.79 Å². The fraction of sp³-hybridized carbons (Fsp3) is 0.875. The van der Waals surface area contributed by atoms with Crippen LogP contribution in [0.3, 0.4) is 0 Å². The second-order valence-electron chi connectivity index (χ2n) is 3.68. The Balaban J connectivity index is 2.08. The molecule has 0 aromatic carbocycles. The molecule has 0 heterocycles. The van der Waals surface area contributed by atoms with Crippen molar-refractivity contribution in [2.75, 3.05) is 0 Å². The average molecular weight is 139 g/mol. The first-order valence-corrected chi connectivity index (χ1v) is 4.06. The zero-order valence-electron chi connectivity index (χ0n) is 6.05. The van der Waals surface area contributed by atoms with Crippen LogP contribution < -0.4 is 5.73 Å². The van der Waals surface area contributed by atoms with Crippen LogP contribution in [0.25, 0.3) is 0 Å². The summed E-state index contributed by atoms with van der Waals surface area (Å²) in [7, 11) is 0. The summed E-state index contributed by atoms with van der Waals surface area (Å²) in [6.45, 7) is 0. The number of hydrogen-bond acceptors (Lipinski definition) is 1. The second kappa shape index (κ2) is 1.97. The number of rotatable bonds is 1. The Morgan fingerprint density at radius 1 is 1.30 bits per heavy atom. The Morgan fingerprint density at radius 3 is 2.40 bits per heavy atom. The van der Waals surface area contributed by atoms with Gasteiger partial charge < -0.3 is 5.73 Å². The van der Waals surface area contributed by atoms with Crippen LogP contribution in [-0.2, 0) is 4.79 Å². The fourth-order valence-electron chi connectivity index (χ4n) is 2.59. The van der Waals surface area contributed by atoms with Gasteiger partial charge in [0.25, 0.3) is 0 Å². The molecular formula is C8H13NO. The van der Waals surface area contributed by atoms with Gasteiger partial charge in [-0.2, -0.15) is 0 Å². The lowest BCUT2D eigenvalue weighted by Gasteiger charge is -2.17. The van der Waals surface area contributed by atoms with E-state index in [1.807, 2.05) is 0 Å². The summed E-state index contributed by atoms with van der Waals surface area (Å²) >= 11 is 0. The third-order valence-corrected chi connectivity index (χ3v) is 3.10. The summed E-state index contributed by atoms with van der Waals surface area (Å²) in [6.07, 6.45) is 4.94. The number of carbonyl (C=O) groups is 1. The zero-order valence-corrected chi connectivity index (χ0v) is 6.05. The summed E-state index contributed by atoms with van der Waals surface area (Å²) in [6, 6.07) is 0. The van der Waals surface area contributed by atoms with E-state index in [-0.39, 0.29) is 11.8 Å². The third-order valence-electron chi connectivity index (χ3n) is 3.10. The highest BCUT2D eigenvalue weighted by molar-refractivity contribution is 5.77. The van der Waals surface area contributed by atoms with Crippen molar-refractivity contribution in [3.8, 4) is 0 Å². The molecule has 2 bridgehead atoms. The standard InChI is InChI=1S/C8H13NO/c9-8(10)7-4-5-1-2-6(7)3-5/h5-7H,1-4H2,(H2,9,10)/t5-,6?,7+/m1/s1. The predicted molar refractivity (Wildman–Crippen MR) is 38.1 cm³/mol. The van der Waals surface area contributed by atoms with Gasteiger partial charge in [0.15, 0.2) is 0 Å². The molecule has 56 valence electrons. The average Bonchev–Trinajstić information content (AvgIpc) is 2.44. The Kier molecular flexibility index (Phi) is 1.22. The SMILES string of the molecule is NC(=O)[C@H]1C[C@@H]2CCC1C2. The Hall–Kier alpha value is -0.530. The van der Waals surface area contributed by atoms with Crippen molar-refractivity contribution >= 4 is 5.91 Å². The Labute approximate surface area is 60.8 Å². The summed E-state index contributed by atoms with van der Waals surface area (Å²) in [4.78, 5) is 10.8. The van der Waals surface area contributed by atoms with E-state index in [9.17, 15) is 4.79 Å². The molecule has 1 amide bonds. The van der Waals surface area contributed by atoms with Crippen LogP contribution in [0.2, 0.25) is 0 Å². The number of primary amides is 1. The summed E-state index contributed by atoms with van der Waals surface area (Å²) in [5.41, 5.74) is 5.25. The van der Waals surface area contributed by atoms with Gasteiger partial charge in [0.05, 0.1) is 0 Å². The van der Waals surface area contributed by atoms with Crippen molar-refractivity contribution in [1.82, 2.24) is 0 Å². The molecule has 10 heavy (non-hydrogen) atoms. The molecule has 2 heteroatoms. The molecule has 2 aliphatic rings. The monoisotopic (exact) mass is 139 g/mol. The molecule has 2 aliphatic carbocycles. The smallest absolute Gasteiger partial charge is 0.220 e. The molecular weight excluding hydrogens is 126 g/mol. The minimum atomic E-state index is -0.0628. The van der Waals surface area contributed by atoms with Gasteiger partial charge in [-0.1, -0.05) is 6.42 Å². The van der Waals surface area contributed by atoms with Gasteiger partial charge in [0.1, 0.15) is 0 Å². The largest absolute Gasteiger partial charge is 0.369 e. The van der Waals surface area contributed by atoms with Gasteiger partial charge in [-0.25, -0.2) is 0 Å². The molecule has 2 rings (SSSR count). The van der Waals surface area contributed by atoms with E-state index < -0.39 is 0 Å². The van der Waals surface area contributed by atoms with E-state index in [1.54, 1.807) is 0 Å². The van der Waals surface area contributed by atoms with E-state index in [2.05, 4.69) is 0 Å². The maximum Gasteiger partial charge on any atom is 0.220 e. The number of nitrogens with two attached hydrogens (primary N) is 1. The highest BCUT2D eigenvalue weighted by atomic mass is 16.1. The van der Waals surface area contributed by atoms with Crippen molar-refractivity contribution in [3.63, 3.8) is 0 Å². The topological polar surface area (TPSA) is 43.1 Å². The van der Waals surface area contributed by atoms with E-state index in [1.165, 1.54) is 19.3 Å². The number of fused-ring (bicyclic) bond motifs is 2. The Bertz CT molecular complexity index is 167. The van der Waals surface area contributed by atoms with Gasteiger partial charge >= 0.3 is 0 Å². The number of hydrogen-bond donors (Lipinski definition) is 1. The molecule has 0 saturated heterocycles. The minimum absolute atomic E-state index is 0.0628. The Morgan fingerprint density at radius 2 is 2.10 bits per heavy atom. The molecule has 2 nitrogen and oxygen atoms in total. The number of amides is 1. The van der Waals surface area contributed by atoms with Crippen molar-refractivity contribution in [2.45, 2.75) is 25.7 Å². The van der Waals surface area contributed by atoms with Crippen LogP contribution in [0.4, 0.5) is 0 Å². The van der Waals surface area contributed by atoms with Crippen LogP contribution in [-0.4, -0.2) is 5.91 Å². The van der Waals surface area contributed by atoms with Crippen molar-refractivity contribution in [1.29, 1.82) is 0 Å². The molecule has 2 fully saturated rings. The molecule has 1 unspecified atom stereocenters. The van der Waals surface area contributed by atoms with Crippen molar-refractivity contribution in [3.05, 3.63) is 0 Å². The van der Waals surface area contributed by atoms with E-state index >= 15 is 0 Å². The zero-order chi connectivity index (χ0) is 7.14. The van der Waals surface area contributed by atoms with Crippen LogP contribution in [0.1, 0.15) is 25.7 Å². The second-order valence-corrected chi connectivity index (χ2v) is 3.68. The normalized spacial score (nSPS) is 44.2.